The smallest absolute Gasteiger partial charge is 0.0555 e. The van der Waals surface area contributed by atoms with Gasteiger partial charge >= 0.3 is 0 Å². The lowest BCUT2D eigenvalue weighted by atomic mass is 9.81. The summed E-state index contributed by atoms with van der Waals surface area (Å²) in [7, 11) is 2.28. The standard InChI is InChI=1S/C14H27NO/c1-11-6-7-12(16)10-13(11)15(3)14(2)8-4-5-9-14/h11-13,16H,4-10H2,1-3H3. The van der Waals surface area contributed by atoms with Crippen molar-refractivity contribution in [3.8, 4) is 0 Å². The van der Waals surface area contributed by atoms with Gasteiger partial charge in [0, 0.05) is 11.6 Å². The van der Waals surface area contributed by atoms with Gasteiger partial charge in [0.15, 0.2) is 0 Å². The van der Waals surface area contributed by atoms with Crippen LogP contribution < -0.4 is 0 Å². The van der Waals surface area contributed by atoms with Crippen molar-refractivity contribution in [1.29, 1.82) is 0 Å². The summed E-state index contributed by atoms with van der Waals surface area (Å²) in [5.41, 5.74) is 0.399. The predicted octanol–water partition coefficient (Wildman–Crippen LogP) is 2.80. The lowest BCUT2D eigenvalue weighted by Crippen LogP contribution is -2.52. The second-order valence-corrected chi connectivity index (χ2v) is 6.33. The molecule has 16 heavy (non-hydrogen) atoms. The summed E-state index contributed by atoms with van der Waals surface area (Å²) in [4.78, 5) is 2.59. The van der Waals surface area contributed by atoms with Crippen molar-refractivity contribution in [2.24, 2.45) is 5.92 Å². The van der Waals surface area contributed by atoms with Gasteiger partial charge in [0.25, 0.3) is 0 Å². The minimum absolute atomic E-state index is 0.0614. The van der Waals surface area contributed by atoms with Gasteiger partial charge in [0.2, 0.25) is 0 Å². The summed E-state index contributed by atoms with van der Waals surface area (Å²) in [5.74, 6) is 0.742. The van der Waals surface area contributed by atoms with Gasteiger partial charge < -0.3 is 5.11 Å². The maximum absolute atomic E-state index is 9.85. The van der Waals surface area contributed by atoms with E-state index in [1.54, 1.807) is 0 Å². The zero-order valence-electron chi connectivity index (χ0n) is 11.1. The molecule has 3 atom stereocenters. The number of nitrogens with zero attached hydrogens (tertiary/aromatic N) is 1. The molecule has 0 aromatic rings. The lowest BCUT2D eigenvalue weighted by Gasteiger charge is -2.46. The average molecular weight is 225 g/mol. The van der Waals surface area contributed by atoms with Crippen LogP contribution in [0.4, 0.5) is 0 Å². The molecule has 2 heteroatoms. The molecule has 0 aromatic carbocycles. The largest absolute Gasteiger partial charge is 0.393 e. The quantitative estimate of drug-likeness (QED) is 0.781. The van der Waals surface area contributed by atoms with Crippen molar-refractivity contribution in [3.63, 3.8) is 0 Å². The average Bonchev–Trinajstić information content (AvgIpc) is 2.69. The van der Waals surface area contributed by atoms with Gasteiger partial charge in [-0.2, -0.15) is 0 Å². The normalized spacial score (nSPS) is 39.2. The van der Waals surface area contributed by atoms with E-state index in [9.17, 15) is 5.11 Å². The Bertz CT molecular complexity index is 235. The van der Waals surface area contributed by atoms with Gasteiger partial charge in [-0.15, -0.1) is 0 Å². The fourth-order valence-corrected chi connectivity index (χ4v) is 3.71. The third kappa shape index (κ3) is 2.28. The van der Waals surface area contributed by atoms with E-state index in [0.29, 0.717) is 11.6 Å². The van der Waals surface area contributed by atoms with Gasteiger partial charge in [-0.25, -0.2) is 0 Å². The summed E-state index contributed by atoms with van der Waals surface area (Å²) >= 11 is 0. The highest BCUT2D eigenvalue weighted by molar-refractivity contribution is 4.95. The first kappa shape index (κ1) is 12.4. The van der Waals surface area contributed by atoms with Crippen molar-refractivity contribution in [1.82, 2.24) is 4.90 Å². The fraction of sp³-hybridized carbons (Fsp3) is 1.00. The molecule has 2 nitrogen and oxygen atoms in total. The van der Waals surface area contributed by atoms with Gasteiger partial charge in [0.05, 0.1) is 6.10 Å². The van der Waals surface area contributed by atoms with Crippen LogP contribution in [0.1, 0.15) is 58.8 Å². The van der Waals surface area contributed by atoms with E-state index in [4.69, 9.17) is 0 Å². The molecule has 0 aromatic heterocycles. The van der Waals surface area contributed by atoms with E-state index >= 15 is 0 Å². The van der Waals surface area contributed by atoms with E-state index in [-0.39, 0.29) is 6.10 Å². The molecular formula is C14H27NO. The van der Waals surface area contributed by atoms with Crippen LogP contribution in [0.5, 0.6) is 0 Å². The zero-order chi connectivity index (χ0) is 11.8. The SMILES string of the molecule is CC1CCC(O)CC1N(C)C1(C)CCCC1. The van der Waals surface area contributed by atoms with E-state index < -0.39 is 0 Å². The summed E-state index contributed by atoms with van der Waals surface area (Å²) < 4.78 is 0. The maximum atomic E-state index is 9.85. The van der Waals surface area contributed by atoms with Crippen LogP contribution in [0.3, 0.4) is 0 Å². The molecule has 1 N–H and O–H groups in total. The van der Waals surface area contributed by atoms with Gasteiger partial charge in [-0.1, -0.05) is 19.8 Å². The molecule has 94 valence electrons. The van der Waals surface area contributed by atoms with E-state index in [1.807, 2.05) is 0 Å². The van der Waals surface area contributed by atoms with Crippen molar-refractivity contribution < 1.29 is 5.11 Å². The number of rotatable bonds is 2. The Morgan fingerprint density at radius 3 is 2.44 bits per heavy atom. The fourth-order valence-electron chi connectivity index (χ4n) is 3.71. The summed E-state index contributed by atoms with van der Waals surface area (Å²) in [6.07, 6.45) is 8.54. The Morgan fingerprint density at radius 1 is 1.19 bits per heavy atom. The molecule has 2 aliphatic carbocycles. The summed E-state index contributed by atoms with van der Waals surface area (Å²) in [5, 5.41) is 9.85. The van der Waals surface area contributed by atoms with Crippen molar-refractivity contribution in [3.05, 3.63) is 0 Å². The third-order valence-electron chi connectivity index (χ3n) is 5.16. The molecule has 0 spiro atoms. The zero-order valence-corrected chi connectivity index (χ0v) is 11.1. The number of aliphatic hydroxyl groups is 1. The predicted molar refractivity (Wildman–Crippen MR) is 67.4 cm³/mol. The molecule has 0 aliphatic heterocycles. The Labute approximate surface area is 100 Å². The van der Waals surface area contributed by atoms with Crippen LogP contribution in [0.2, 0.25) is 0 Å². The number of hydrogen-bond acceptors (Lipinski definition) is 2. The first-order valence-corrected chi connectivity index (χ1v) is 6.94. The minimum Gasteiger partial charge on any atom is -0.393 e. The van der Waals surface area contributed by atoms with Crippen LogP contribution in [0.25, 0.3) is 0 Å². The van der Waals surface area contributed by atoms with Gasteiger partial charge in [-0.3, -0.25) is 4.90 Å². The second kappa shape index (κ2) is 4.66. The second-order valence-electron chi connectivity index (χ2n) is 6.33. The molecule has 0 radical (unpaired) electrons. The van der Waals surface area contributed by atoms with Crippen LogP contribution in [-0.4, -0.2) is 34.7 Å². The van der Waals surface area contributed by atoms with Crippen LogP contribution in [0, 0.1) is 5.92 Å². The van der Waals surface area contributed by atoms with E-state index in [1.165, 1.54) is 32.1 Å². The lowest BCUT2D eigenvalue weighted by molar-refractivity contribution is -0.00359. The van der Waals surface area contributed by atoms with Crippen molar-refractivity contribution >= 4 is 0 Å². The van der Waals surface area contributed by atoms with E-state index in [2.05, 4.69) is 25.8 Å². The van der Waals surface area contributed by atoms with Gasteiger partial charge in [0.1, 0.15) is 0 Å². The molecule has 0 bridgehead atoms. The molecule has 2 rings (SSSR count). The van der Waals surface area contributed by atoms with Crippen molar-refractivity contribution in [2.75, 3.05) is 7.05 Å². The molecule has 2 fully saturated rings. The first-order valence-electron chi connectivity index (χ1n) is 6.94. The molecule has 2 saturated carbocycles. The minimum atomic E-state index is -0.0614. The highest BCUT2D eigenvalue weighted by Gasteiger charge is 2.40. The highest BCUT2D eigenvalue weighted by Crippen LogP contribution is 2.39. The topological polar surface area (TPSA) is 23.5 Å². The van der Waals surface area contributed by atoms with Crippen LogP contribution in [-0.2, 0) is 0 Å². The third-order valence-corrected chi connectivity index (χ3v) is 5.16. The Hall–Kier alpha value is -0.0800. The number of hydrogen-bond donors (Lipinski definition) is 1. The molecular weight excluding hydrogens is 198 g/mol. The summed E-state index contributed by atoms with van der Waals surface area (Å²) in [6, 6.07) is 0.590. The Balaban J connectivity index is 2.04. The molecule has 0 saturated heterocycles. The molecule has 2 aliphatic rings. The Morgan fingerprint density at radius 2 is 1.81 bits per heavy atom. The highest BCUT2D eigenvalue weighted by atomic mass is 16.3. The monoisotopic (exact) mass is 225 g/mol. The van der Waals surface area contributed by atoms with Gasteiger partial charge in [-0.05, 0) is 52.0 Å². The first-order chi connectivity index (χ1) is 7.53. The number of aliphatic hydroxyl groups excluding tert-OH is 1. The summed E-state index contributed by atoms with van der Waals surface area (Å²) in [6.45, 7) is 4.76. The van der Waals surface area contributed by atoms with Crippen LogP contribution in [0.15, 0.2) is 0 Å². The Kier molecular flexibility index (Phi) is 3.60. The molecule has 3 unspecified atom stereocenters. The van der Waals surface area contributed by atoms with E-state index in [0.717, 1.165) is 18.8 Å². The maximum Gasteiger partial charge on any atom is 0.0555 e. The molecule has 0 amide bonds. The van der Waals surface area contributed by atoms with Crippen LogP contribution >= 0.6 is 0 Å². The molecule has 0 heterocycles. The van der Waals surface area contributed by atoms with Crippen molar-refractivity contribution in [2.45, 2.75) is 76.5 Å².